The summed E-state index contributed by atoms with van der Waals surface area (Å²) >= 11 is 0. The summed E-state index contributed by atoms with van der Waals surface area (Å²) in [6, 6.07) is 6.65. The summed E-state index contributed by atoms with van der Waals surface area (Å²) in [5.41, 5.74) is -0.138. The van der Waals surface area contributed by atoms with Crippen LogP contribution in [0.15, 0.2) is 29.8 Å². The van der Waals surface area contributed by atoms with Gasteiger partial charge in [-0.2, -0.15) is 0 Å². The lowest BCUT2D eigenvalue weighted by molar-refractivity contribution is -0.154. The van der Waals surface area contributed by atoms with Gasteiger partial charge >= 0.3 is 11.9 Å². The van der Waals surface area contributed by atoms with Crippen LogP contribution in [0.4, 0.5) is 0 Å². The third-order valence-corrected chi connectivity index (χ3v) is 8.31. The fourth-order valence-electron chi connectivity index (χ4n) is 5.40. The summed E-state index contributed by atoms with van der Waals surface area (Å²) in [4.78, 5) is 26.0. The van der Waals surface area contributed by atoms with Gasteiger partial charge in [0.15, 0.2) is 0 Å². The summed E-state index contributed by atoms with van der Waals surface area (Å²) in [5, 5.41) is 59.9. The molecule has 3 rings (SSSR count). The third kappa shape index (κ3) is 12.7. The lowest BCUT2D eigenvalue weighted by Gasteiger charge is -2.22. The van der Waals surface area contributed by atoms with Crippen molar-refractivity contribution in [3.05, 3.63) is 35.4 Å². The number of aliphatic hydroxyl groups is 6. The van der Waals surface area contributed by atoms with E-state index in [1.165, 1.54) is 57.4 Å². The molecule has 13 heteroatoms. The van der Waals surface area contributed by atoms with Gasteiger partial charge in [0.2, 0.25) is 0 Å². The molecule has 47 heavy (non-hydrogen) atoms. The van der Waals surface area contributed by atoms with Crippen LogP contribution in [0.2, 0.25) is 0 Å². The van der Waals surface area contributed by atoms with Crippen molar-refractivity contribution in [1.82, 2.24) is 0 Å². The second-order valence-electron chi connectivity index (χ2n) is 12.2. The predicted molar refractivity (Wildman–Crippen MR) is 169 cm³/mol. The molecule has 0 aromatic heterocycles. The fraction of sp³-hybridized carbons (Fsp3) is 0.706. The van der Waals surface area contributed by atoms with Gasteiger partial charge < -0.3 is 54.3 Å². The van der Waals surface area contributed by atoms with Crippen molar-refractivity contribution in [2.75, 3.05) is 33.0 Å². The number of rotatable bonds is 21. The van der Waals surface area contributed by atoms with Crippen molar-refractivity contribution in [3.8, 4) is 5.75 Å². The van der Waals surface area contributed by atoms with E-state index in [4.69, 9.17) is 23.7 Å². The second-order valence-corrected chi connectivity index (χ2v) is 12.2. The van der Waals surface area contributed by atoms with E-state index < -0.39 is 79.6 Å². The summed E-state index contributed by atoms with van der Waals surface area (Å²) < 4.78 is 26.4. The van der Waals surface area contributed by atoms with Crippen LogP contribution < -0.4 is 4.74 Å². The van der Waals surface area contributed by atoms with Crippen molar-refractivity contribution in [1.29, 1.82) is 0 Å². The normalized spacial score (nSPS) is 25.3. The molecular formula is C34H52O13. The molecule has 2 aliphatic rings. The zero-order valence-electron chi connectivity index (χ0n) is 27.2. The van der Waals surface area contributed by atoms with Gasteiger partial charge in [0, 0.05) is 0 Å². The van der Waals surface area contributed by atoms with Gasteiger partial charge in [-0.3, -0.25) is 0 Å². The highest BCUT2D eigenvalue weighted by Crippen LogP contribution is 2.21. The minimum atomic E-state index is -1.50. The van der Waals surface area contributed by atoms with Gasteiger partial charge in [0.25, 0.3) is 0 Å². The van der Waals surface area contributed by atoms with E-state index in [-0.39, 0.29) is 13.2 Å². The molecule has 13 nitrogen and oxygen atoms in total. The Balaban J connectivity index is 1.54. The lowest BCUT2D eigenvalue weighted by atomic mass is 10.1. The van der Waals surface area contributed by atoms with Gasteiger partial charge in [-0.05, 0) is 30.2 Å². The van der Waals surface area contributed by atoms with Crippen LogP contribution in [-0.4, -0.2) is 124 Å². The molecular weight excluding hydrogens is 616 g/mol. The largest absolute Gasteiger partial charge is 0.494 e. The van der Waals surface area contributed by atoms with Crippen LogP contribution >= 0.6 is 0 Å². The van der Waals surface area contributed by atoms with E-state index in [2.05, 4.69) is 6.92 Å². The number of hydrogen-bond acceptors (Lipinski definition) is 13. The Morgan fingerprint density at radius 1 is 0.745 bits per heavy atom. The van der Waals surface area contributed by atoms with Crippen LogP contribution in [-0.2, 0) is 28.5 Å². The molecule has 0 aliphatic carbocycles. The molecule has 1 aromatic rings. The number of ether oxygens (including phenoxy) is 5. The first kappa shape index (κ1) is 38.8. The Kier molecular flexibility index (Phi) is 17.1. The molecule has 0 amide bonds. The van der Waals surface area contributed by atoms with Gasteiger partial charge in [-0.25, -0.2) is 9.59 Å². The number of carbonyl (C=O) groups excluding carboxylic acids is 2. The molecule has 2 saturated heterocycles. The Hall–Kier alpha value is -2.62. The summed E-state index contributed by atoms with van der Waals surface area (Å²) in [6.07, 6.45) is 2.86. The maximum atomic E-state index is 13.0. The van der Waals surface area contributed by atoms with Gasteiger partial charge in [-0.15, -0.1) is 0 Å². The average Bonchev–Trinajstić information content (AvgIpc) is 3.59. The maximum absolute atomic E-state index is 13.0. The molecule has 2 aliphatic heterocycles. The highest BCUT2D eigenvalue weighted by molar-refractivity contribution is 6.17. The number of esters is 2. The zero-order chi connectivity index (χ0) is 34.2. The summed E-state index contributed by atoms with van der Waals surface area (Å²) in [6.45, 7) is 1.06. The number of hydrogen-bond donors (Lipinski definition) is 6. The first-order valence-electron chi connectivity index (χ1n) is 16.7. The predicted octanol–water partition coefficient (Wildman–Crippen LogP) is 1.42. The molecule has 0 spiro atoms. The second kappa shape index (κ2) is 20.7. The van der Waals surface area contributed by atoms with Crippen molar-refractivity contribution >= 4 is 18.0 Å². The van der Waals surface area contributed by atoms with Crippen LogP contribution in [0.5, 0.6) is 5.75 Å². The van der Waals surface area contributed by atoms with Crippen LogP contribution in [0, 0.1) is 0 Å². The van der Waals surface area contributed by atoms with Crippen molar-refractivity contribution in [3.63, 3.8) is 0 Å². The molecule has 8 atom stereocenters. The van der Waals surface area contributed by atoms with E-state index in [1.807, 2.05) is 0 Å². The first-order chi connectivity index (χ1) is 22.6. The highest BCUT2D eigenvalue weighted by atomic mass is 16.6. The third-order valence-electron chi connectivity index (χ3n) is 8.31. The SMILES string of the molecule is CCCCCCCCCCCCOc1ccc(C=C(C(=O)OCC(O)C2OCC(O)C2O)C(=O)OCC(O)C2OCC(O)C2O)cc1. The summed E-state index contributed by atoms with van der Waals surface area (Å²) in [7, 11) is 0. The molecule has 266 valence electrons. The maximum Gasteiger partial charge on any atom is 0.345 e. The average molecular weight is 669 g/mol. The summed E-state index contributed by atoms with van der Waals surface area (Å²) in [5.74, 6) is -1.71. The minimum absolute atomic E-state index is 0.202. The highest BCUT2D eigenvalue weighted by Gasteiger charge is 2.41. The number of carbonyl (C=O) groups is 2. The van der Waals surface area contributed by atoms with E-state index in [1.54, 1.807) is 24.3 Å². The number of unbranched alkanes of at least 4 members (excludes halogenated alkanes) is 9. The molecule has 0 saturated carbocycles. The lowest BCUT2D eigenvalue weighted by Crippen LogP contribution is -2.42. The van der Waals surface area contributed by atoms with E-state index in [0.717, 1.165) is 12.8 Å². The van der Waals surface area contributed by atoms with Crippen LogP contribution in [0.1, 0.15) is 76.7 Å². The van der Waals surface area contributed by atoms with Crippen molar-refractivity contribution in [2.24, 2.45) is 0 Å². The van der Waals surface area contributed by atoms with E-state index in [9.17, 15) is 40.2 Å². The topological polar surface area (TPSA) is 202 Å². The van der Waals surface area contributed by atoms with Crippen molar-refractivity contribution < 1.29 is 63.9 Å². The minimum Gasteiger partial charge on any atom is -0.494 e. The Bertz CT molecular complexity index is 1050. The Labute approximate surface area is 276 Å². The first-order valence-corrected chi connectivity index (χ1v) is 16.7. The van der Waals surface area contributed by atoms with Gasteiger partial charge in [0.1, 0.15) is 73.4 Å². The standard InChI is InChI=1S/C34H52O13/c1-2-3-4-5-6-7-8-9-10-11-16-43-23-14-12-22(13-15-23)17-24(33(41)46-20-27(37)31-29(39)25(35)18-44-31)34(42)47-21-28(38)32-30(40)26(36)19-45-32/h12-15,17,25-32,35-40H,2-11,16,18-21H2,1H3. The fourth-order valence-corrected chi connectivity index (χ4v) is 5.40. The quantitative estimate of drug-likeness (QED) is 0.0361. The monoisotopic (exact) mass is 668 g/mol. The number of benzene rings is 1. The van der Waals surface area contributed by atoms with Crippen LogP contribution in [0.3, 0.4) is 0 Å². The van der Waals surface area contributed by atoms with Crippen LogP contribution in [0.25, 0.3) is 6.08 Å². The molecule has 0 radical (unpaired) electrons. The van der Waals surface area contributed by atoms with E-state index in [0.29, 0.717) is 17.9 Å². The smallest absolute Gasteiger partial charge is 0.345 e. The Morgan fingerprint density at radius 3 is 1.62 bits per heavy atom. The molecule has 0 bridgehead atoms. The number of aliphatic hydroxyl groups excluding tert-OH is 6. The molecule has 8 unspecified atom stereocenters. The van der Waals surface area contributed by atoms with E-state index >= 15 is 0 Å². The molecule has 6 N–H and O–H groups in total. The van der Waals surface area contributed by atoms with Gasteiger partial charge in [-0.1, -0.05) is 76.8 Å². The van der Waals surface area contributed by atoms with Crippen molar-refractivity contribution in [2.45, 2.75) is 120 Å². The van der Waals surface area contributed by atoms with Gasteiger partial charge in [0.05, 0.1) is 19.8 Å². The zero-order valence-corrected chi connectivity index (χ0v) is 27.2. The molecule has 2 fully saturated rings. The Morgan fingerprint density at radius 2 is 1.19 bits per heavy atom. The molecule has 1 aromatic carbocycles. The molecule has 2 heterocycles.